The second kappa shape index (κ2) is 6.67. The summed E-state index contributed by atoms with van der Waals surface area (Å²) in [5.41, 5.74) is 1.98. The SMILES string of the molecule is CC(C)Oc1cccc2c1nc(CCl)n2C(C)CN(C)C. The molecular weight excluding hydrogens is 286 g/mol. The van der Waals surface area contributed by atoms with Crippen molar-refractivity contribution in [3.05, 3.63) is 24.0 Å². The molecule has 1 heterocycles. The number of likely N-dealkylation sites (N-methyl/N-ethyl adjacent to an activating group) is 1. The monoisotopic (exact) mass is 309 g/mol. The summed E-state index contributed by atoms with van der Waals surface area (Å²) in [6, 6.07) is 6.36. The van der Waals surface area contributed by atoms with E-state index in [1.165, 1.54) is 0 Å². The number of aromatic nitrogens is 2. The standard InChI is InChI=1S/C16H24ClN3O/c1-11(2)21-14-8-6-7-13-16(14)18-15(9-17)20(13)12(3)10-19(4)5/h6-8,11-12H,9-10H2,1-5H3. The molecule has 0 bridgehead atoms. The van der Waals surface area contributed by atoms with E-state index in [-0.39, 0.29) is 6.10 Å². The van der Waals surface area contributed by atoms with Crippen LogP contribution in [0.15, 0.2) is 18.2 Å². The fraction of sp³-hybridized carbons (Fsp3) is 0.562. The van der Waals surface area contributed by atoms with E-state index in [0.717, 1.165) is 29.2 Å². The van der Waals surface area contributed by atoms with Crippen molar-refractivity contribution in [3.63, 3.8) is 0 Å². The van der Waals surface area contributed by atoms with Gasteiger partial charge in [0.15, 0.2) is 0 Å². The van der Waals surface area contributed by atoms with Crippen molar-refractivity contribution in [3.8, 4) is 5.75 Å². The Labute approximate surface area is 131 Å². The molecule has 5 heteroatoms. The summed E-state index contributed by atoms with van der Waals surface area (Å²) < 4.78 is 8.09. The Kier molecular flexibility index (Phi) is 5.12. The van der Waals surface area contributed by atoms with E-state index < -0.39 is 0 Å². The van der Waals surface area contributed by atoms with Crippen LogP contribution in [0.5, 0.6) is 5.75 Å². The number of hydrogen-bond acceptors (Lipinski definition) is 3. The van der Waals surface area contributed by atoms with Crippen LogP contribution in [0.2, 0.25) is 0 Å². The van der Waals surface area contributed by atoms with Crippen LogP contribution in [0.1, 0.15) is 32.6 Å². The topological polar surface area (TPSA) is 30.3 Å². The third-order valence-corrected chi connectivity index (χ3v) is 3.55. The second-order valence-corrected chi connectivity index (χ2v) is 6.20. The van der Waals surface area contributed by atoms with Gasteiger partial charge in [-0.25, -0.2) is 4.98 Å². The average molecular weight is 310 g/mol. The number of ether oxygens (including phenoxy) is 1. The Morgan fingerprint density at radius 1 is 1.29 bits per heavy atom. The van der Waals surface area contributed by atoms with Gasteiger partial charge in [-0.2, -0.15) is 0 Å². The van der Waals surface area contributed by atoms with Gasteiger partial charge in [-0.05, 0) is 47.0 Å². The summed E-state index contributed by atoms with van der Waals surface area (Å²) in [5, 5.41) is 0. The van der Waals surface area contributed by atoms with Gasteiger partial charge in [0.25, 0.3) is 0 Å². The van der Waals surface area contributed by atoms with E-state index in [0.29, 0.717) is 11.9 Å². The van der Waals surface area contributed by atoms with Crippen molar-refractivity contribution in [1.82, 2.24) is 14.5 Å². The molecule has 1 aromatic carbocycles. The molecular formula is C16H24ClN3O. The number of rotatable bonds is 6. The Morgan fingerprint density at radius 2 is 2.00 bits per heavy atom. The zero-order chi connectivity index (χ0) is 15.6. The molecule has 4 nitrogen and oxygen atoms in total. The van der Waals surface area contributed by atoms with Gasteiger partial charge < -0.3 is 14.2 Å². The van der Waals surface area contributed by atoms with Gasteiger partial charge in [0, 0.05) is 12.6 Å². The Morgan fingerprint density at radius 3 is 2.57 bits per heavy atom. The molecule has 0 radical (unpaired) electrons. The van der Waals surface area contributed by atoms with Crippen LogP contribution in [0.3, 0.4) is 0 Å². The molecule has 0 aliphatic carbocycles. The van der Waals surface area contributed by atoms with Crippen LogP contribution < -0.4 is 4.74 Å². The Hall–Kier alpha value is -1.26. The fourth-order valence-electron chi connectivity index (χ4n) is 2.68. The van der Waals surface area contributed by atoms with Crippen molar-refractivity contribution in [2.45, 2.75) is 38.8 Å². The largest absolute Gasteiger partial charge is 0.489 e. The van der Waals surface area contributed by atoms with Crippen LogP contribution in [-0.2, 0) is 5.88 Å². The van der Waals surface area contributed by atoms with Gasteiger partial charge in [0.2, 0.25) is 0 Å². The number of benzene rings is 1. The van der Waals surface area contributed by atoms with Gasteiger partial charge in [-0.3, -0.25) is 0 Å². The first-order valence-electron chi connectivity index (χ1n) is 7.31. The van der Waals surface area contributed by atoms with Crippen molar-refractivity contribution in [2.75, 3.05) is 20.6 Å². The number of nitrogens with zero attached hydrogens (tertiary/aromatic N) is 3. The molecule has 0 saturated heterocycles. The minimum absolute atomic E-state index is 0.124. The summed E-state index contributed by atoms with van der Waals surface area (Å²) in [7, 11) is 4.15. The van der Waals surface area contributed by atoms with Gasteiger partial charge in [0.05, 0.1) is 17.5 Å². The summed E-state index contributed by atoms with van der Waals surface area (Å²) >= 11 is 6.10. The van der Waals surface area contributed by atoms with Crippen LogP contribution in [0.25, 0.3) is 11.0 Å². The number of hydrogen-bond donors (Lipinski definition) is 0. The minimum Gasteiger partial charge on any atom is -0.489 e. The highest BCUT2D eigenvalue weighted by molar-refractivity contribution is 6.16. The van der Waals surface area contributed by atoms with Crippen LogP contribution >= 0.6 is 11.6 Å². The average Bonchev–Trinajstić information content (AvgIpc) is 2.76. The normalized spacial score (nSPS) is 13.3. The molecule has 0 amide bonds. The number of fused-ring (bicyclic) bond motifs is 1. The number of alkyl halides is 1. The van der Waals surface area contributed by atoms with E-state index in [4.69, 9.17) is 21.3 Å². The predicted octanol–water partition coefficient (Wildman–Crippen LogP) is 3.68. The molecule has 1 aromatic heterocycles. The number of halogens is 1. The fourth-order valence-corrected chi connectivity index (χ4v) is 2.87. The smallest absolute Gasteiger partial charge is 0.147 e. The summed E-state index contributed by atoms with van der Waals surface area (Å²) in [6.45, 7) is 7.16. The van der Waals surface area contributed by atoms with Gasteiger partial charge >= 0.3 is 0 Å². The maximum atomic E-state index is 6.10. The maximum absolute atomic E-state index is 6.10. The summed E-state index contributed by atoms with van der Waals surface area (Å²) in [5.74, 6) is 2.11. The molecule has 2 aromatic rings. The lowest BCUT2D eigenvalue weighted by molar-refractivity contribution is 0.245. The molecule has 0 aliphatic rings. The molecule has 1 atom stereocenters. The van der Waals surface area contributed by atoms with E-state index in [2.05, 4.69) is 36.6 Å². The lowest BCUT2D eigenvalue weighted by Crippen LogP contribution is -2.23. The van der Waals surface area contributed by atoms with Gasteiger partial charge in [0.1, 0.15) is 17.1 Å². The molecule has 0 saturated carbocycles. The highest BCUT2D eigenvalue weighted by Gasteiger charge is 2.18. The van der Waals surface area contributed by atoms with Crippen molar-refractivity contribution in [1.29, 1.82) is 0 Å². The molecule has 1 unspecified atom stereocenters. The zero-order valence-electron chi connectivity index (χ0n) is 13.4. The van der Waals surface area contributed by atoms with E-state index in [1.807, 2.05) is 26.0 Å². The minimum atomic E-state index is 0.124. The van der Waals surface area contributed by atoms with Gasteiger partial charge in [-0.1, -0.05) is 6.07 Å². The highest BCUT2D eigenvalue weighted by atomic mass is 35.5. The third-order valence-electron chi connectivity index (χ3n) is 3.31. The van der Waals surface area contributed by atoms with E-state index in [1.54, 1.807) is 0 Å². The predicted molar refractivity (Wildman–Crippen MR) is 88.3 cm³/mol. The van der Waals surface area contributed by atoms with Crippen molar-refractivity contribution >= 4 is 22.6 Å². The first-order valence-corrected chi connectivity index (χ1v) is 7.84. The molecule has 0 aliphatic heterocycles. The van der Waals surface area contributed by atoms with E-state index >= 15 is 0 Å². The Balaban J connectivity index is 2.54. The van der Waals surface area contributed by atoms with Crippen molar-refractivity contribution < 1.29 is 4.74 Å². The maximum Gasteiger partial charge on any atom is 0.147 e. The molecule has 0 N–H and O–H groups in total. The summed E-state index contributed by atoms with van der Waals surface area (Å²) in [6.07, 6.45) is 0.124. The summed E-state index contributed by atoms with van der Waals surface area (Å²) in [4.78, 5) is 6.87. The molecule has 21 heavy (non-hydrogen) atoms. The van der Waals surface area contributed by atoms with Crippen molar-refractivity contribution in [2.24, 2.45) is 0 Å². The molecule has 0 spiro atoms. The number of imidazole rings is 1. The second-order valence-electron chi connectivity index (χ2n) is 5.93. The quantitative estimate of drug-likeness (QED) is 0.762. The molecule has 116 valence electrons. The van der Waals surface area contributed by atoms with Gasteiger partial charge in [-0.15, -0.1) is 11.6 Å². The Bertz CT molecular complexity index is 607. The number of para-hydroxylation sites is 1. The lowest BCUT2D eigenvalue weighted by atomic mass is 10.2. The van der Waals surface area contributed by atoms with Crippen LogP contribution in [0.4, 0.5) is 0 Å². The first kappa shape index (κ1) is 16.1. The lowest BCUT2D eigenvalue weighted by Gasteiger charge is -2.21. The van der Waals surface area contributed by atoms with Crippen LogP contribution in [0, 0.1) is 0 Å². The van der Waals surface area contributed by atoms with Crippen LogP contribution in [-0.4, -0.2) is 41.2 Å². The highest BCUT2D eigenvalue weighted by Crippen LogP contribution is 2.30. The molecule has 2 rings (SSSR count). The first-order chi connectivity index (χ1) is 9.93. The zero-order valence-corrected chi connectivity index (χ0v) is 14.2. The van der Waals surface area contributed by atoms with E-state index in [9.17, 15) is 0 Å². The third kappa shape index (κ3) is 3.50. The molecule has 0 fully saturated rings.